The third kappa shape index (κ3) is 5.09. The number of carbonyl (C=O) groups excluding carboxylic acids is 1. The quantitative estimate of drug-likeness (QED) is 0.679. The third-order valence-corrected chi connectivity index (χ3v) is 5.81. The molecule has 27 heavy (non-hydrogen) atoms. The zero-order valence-electron chi connectivity index (χ0n) is 16.1. The molecule has 1 aromatic carbocycles. The molecule has 144 valence electrons. The number of ether oxygens (including phenoxy) is 2. The molecule has 1 saturated heterocycles. The van der Waals surface area contributed by atoms with Crippen molar-refractivity contribution in [1.82, 2.24) is 9.88 Å². The zero-order valence-corrected chi connectivity index (χ0v) is 16.9. The summed E-state index contributed by atoms with van der Waals surface area (Å²) in [5, 5.41) is 0.748. The molecule has 2 aromatic rings. The fraction of sp³-hybridized carbons (Fsp3) is 0.429. The number of aromatic nitrogens is 1. The van der Waals surface area contributed by atoms with Crippen molar-refractivity contribution >= 4 is 17.7 Å². The number of carbonyl (C=O) groups is 1. The molecule has 1 aliphatic heterocycles. The van der Waals surface area contributed by atoms with Crippen LogP contribution in [0.1, 0.15) is 27.9 Å². The molecule has 1 aliphatic rings. The van der Waals surface area contributed by atoms with Crippen LogP contribution in [0.25, 0.3) is 0 Å². The number of aryl methyl sites for hydroxylation is 2. The molecule has 0 saturated carbocycles. The van der Waals surface area contributed by atoms with Crippen molar-refractivity contribution in [3.63, 3.8) is 0 Å². The van der Waals surface area contributed by atoms with Gasteiger partial charge in [0.05, 0.1) is 24.9 Å². The van der Waals surface area contributed by atoms with Gasteiger partial charge in [-0.2, -0.15) is 0 Å². The Kier molecular flexibility index (Phi) is 6.88. The van der Waals surface area contributed by atoms with E-state index in [9.17, 15) is 4.79 Å². The topological polar surface area (TPSA) is 51.7 Å². The molecular weight excluding hydrogens is 360 g/mol. The summed E-state index contributed by atoms with van der Waals surface area (Å²) in [6, 6.07) is 10.0. The Labute approximate surface area is 165 Å². The van der Waals surface area contributed by atoms with E-state index in [1.807, 2.05) is 17.0 Å². The van der Waals surface area contributed by atoms with Crippen LogP contribution in [-0.2, 0) is 9.47 Å². The molecule has 2 heterocycles. The molecule has 0 radical (unpaired) electrons. The molecule has 1 aromatic heterocycles. The largest absolute Gasteiger partial charge is 0.382 e. The van der Waals surface area contributed by atoms with Gasteiger partial charge < -0.3 is 14.4 Å². The summed E-state index contributed by atoms with van der Waals surface area (Å²) in [6.45, 7) is 6.62. The molecule has 3 rings (SSSR count). The van der Waals surface area contributed by atoms with Gasteiger partial charge in [0.15, 0.2) is 0 Å². The lowest BCUT2D eigenvalue weighted by Crippen LogP contribution is -2.31. The Hall–Kier alpha value is -1.89. The van der Waals surface area contributed by atoms with Crippen LogP contribution in [-0.4, -0.2) is 55.3 Å². The smallest absolute Gasteiger partial charge is 0.256 e. The van der Waals surface area contributed by atoms with E-state index in [-0.39, 0.29) is 12.0 Å². The first kappa shape index (κ1) is 19.9. The van der Waals surface area contributed by atoms with E-state index in [4.69, 9.17) is 9.47 Å². The Morgan fingerprint density at radius 1 is 1.30 bits per heavy atom. The van der Waals surface area contributed by atoms with Gasteiger partial charge in [0.25, 0.3) is 5.91 Å². The van der Waals surface area contributed by atoms with Gasteiger partial charge in [0.2, 0.25) is 0 Å². The van der Waals surface area contributed by atoms with Crippen molar-refractivity contribution in [1.29, 1.82) is 0 Å². The summed E-state index contributed by atoms with van der Waals surface area (Å²) in [5.41, 5.74) is 3.07. The molecule has 1 atom stereocenters. The highest BCUT2D eigenvalue weighted by Crippen LogP contribution is 2.32. The maximum absolute atomic E-state index is 13.1. The highest BCUT2D eigenvalue weighted by atomic mass is 32.2. The van der Waals surface area contributed by atoms with Crippen LogP contribution < -0.4 is 0 Å². The van der Waals surface area contributed by atoms with Crippen molar-refractivity contribution in [2.75, 3.05) is 33.4 Å². The van der Waals surface area contributed by atoms with E-state index in [0.717, 1.165) is 16.3 Å². The summed E-state index contributed by atoms with van der Waals surface area (Å²) in [6.07, 6.45) is 2.68. The second-order valence-electron chi connectivity index (χ2n) is 6.75. The summed E-state index contributed by atoms with van der Waals surface area (Å²) in [5.74, 6) is 0.0215. The minimum Gasteiger partial charge on any atom is -0.382 e. The van der Waals surface area contributed by atoms with Crippen molar-refractivity contribution in [3.8, 4) is 0 Å². The van der Waals surface area contributed by atoms with Gasteiger partial charge in [0.1, 0.15) is 5.03 Å². The van der Waals surface area contributed by atoms with Gasteiger partial charge in [-0.25, -0.2) is 4.98 Å². The number of likely N-dealkylation sites (tertiary alicyclic amines) is 1. The average molecular weight is 387 g/mol. The molecule has 5 nitrogen and oxygen atoms in total. The fourth-order valence-electron chi connectivity index (χ4n) is 3.17. The molecule has 0 bridgehead atoms. The van der Waals surface area contributed by atoms with E-state index in [1.165, 1.54) is 11.1 Å². The number of nitrogens with zero attached hydrogens (tertiary/aromatic N) is 2. The van der Waals surface area contributed by atoms with Crippen LogP contribution in [0.3, 0.4) is 0 Å². The predicted octanol–water partition coefficient (Wildman–Crippen LogP) is 3.73. The van der Waals surface area contributed by atoms with Crippen molar-refractivity contribution in [2.45, 2.75) is 36.3 Å². The highest BCUT2D eigenvalue weighted by Gasteiger charge is 2.29. The average Bonchev–Trinajstić information content (AvgIpc) is 3.13. The van der Waals surface area contributed by atoms with Crippen LogP contribution in [0.4, 0.5) is 0 Å². The summed E-state index contributed by atoms with van der Waals surface area (Å²) >= 11 is 1.55. The number of amides is 1. The van der Waals surface area contributed by atoms with Crippen LogP contribution in [0.15, 0.2) is 46.5 Å². The van der Waals surface area contributed by atoms with Crippen molar-refractivity contribution in [2.24, 2.45) is 0 Å². The number of hydrogen-bond acceptors (Lipinski definition) is 5. The third-order valence-electron chi connectivity index (χ3n) is 4.61. The molecule has 0 spiro atoms. The minimum absolute atomic E-state index is 0.0215. The first-order valence-electron chi connectivity index (χ1n) is 9.18. The van der Waals surface area contributed by atoms with E-state index < -0.39 is 0 Å². The summed E-state index contributed by atoms with van der Waals surface area (Å²) in [7, 11) is 1.66. The maximum Gasteiger partial charge on any atom is 0.256 e. The molecule has 6 heteroatoms. The fourth-order valence-corrected chi connectivity index (χ4v) is 4.11. The number of rotatable bonds is 7. The summed E-state index contributed by atoms with van der Waals surface area (Å²) in [4.78, 5) is 20.5. The molecular formula is C21H26N2O3S. The van der Waals surface area contributed by atoms with Gasteiger partial charge in [0, 0.05) is 31.3 Å². The first-order chi connectivity index (χ1) is 13.1. The lowest BCUT2D eigenvalue weighted by molar-refractivity contribution is 0.0218. The second kappa shape index (κ2) is 9.35. The van der Waals surface area contributed by atoms with Crippen LogP contribution in [0, 0.1) is 13.8 Å². The second-order valence-corrected chi connectivity index (χ2v) is 7.78. The monoisotopic (exact) mass is 386 g/mol. The van der Waals surface area contributed by atoms with Crippen LogP contribution in [0.5, 0.6) is 0 Å². The van der Waals surface area contributed by atoms with E-state index >= 15 is 0 Å². The molecule has 1 unspecified atom stereocenters. The Balaban J connectivity index is 1.71. The number of hydrogen-bond donors (Lipinski definition) is 0. The molecule has 1 fully saturated rings. The predicted molar refractivity (Wildman–Crippen MR) is 106 cm³/mol. The number of methoxy groups -OCH3 is 1. The SMILES string of the molecule is COCCOC1CCN(C(=O)c2cccnc2Sc2ccc(C)cc2C)C1. The van der Waals surface area contributed by atoms with Gasteiger partial charge in [-0.05, 0) is 44.0 Å². The maximum atomic E-state index is 13.1. The minimum atomic E-state index is 0.0215. The normalized spacial score (nSPS) is 16.7. The molecule has 0 N–H and O–H groups in total. The van der Waals surface area contributed by atoms with Crippen LogP contribution >= 0.6 is 11.8 Å². The molecule has 0 aliphatic carbocycles. The van der Waals surface area contributed by atoms with E-state index in [2.05, 4.69) is 37.0 Å². The highest BCUT2D eigenvalue weighted by molar-refractivity contribution is 7.99. The first-order valence-corrected chi connectivity index (χ1v) is 10.00. The van der Waals surface area contributed by atoms with E-state index in [1.54, 1.807) is 25.1 Å². The number of pyridine rings is 1. The lowest BCUT2D eigenvalue weighted by atomic mass is 10.2. The lowest BCUT2D eigenvalue weighted by Gasteiger charge is -2.18. The summed E-state index contributed by atoms with van der Waals surface area (Å²) < 4.78 is 10.8. The van der Waals surface area contributed by atoms with Crippen molar-refractivity contribution < 1.29 is 14.3 Å². The van der Waals surface area contributed by atoms with Gasteiger partial charge in [-0.1, -0.05) is 29.5 Å². The standard InChI is InChI=1S/C21H26N2O3S/c1-15-6-7-19(16(2)13-15)27-20-18(5-4-9-22-20)21(24)23-10-8-17(14-23)26-12-11-25-3/h4-7,9,13,17H,8,10-12,14H2,1-3H3. The zero-order chi connectivity index (χ0) is 19.2. The van der Waals surface area contributed by atoms with Crippen molar-refractivity contribution in [3.05, 3.63) is 53.2 Å². The molecule has 1 amide bonds. The van der Waals surface area contributed by atoms with Gasteiger partial charge in [-0.3, -0.25) is 4.79 Å². The van der Waals surface area contributed by atoms with Gasteiger partial charge >= 0.3 is 0 Å². The Morgan fingerprint density at radius 2 is 2.15 bits per heavy atom. The van der Waals surface area contributed by atoms with E-state index in [0.29, 0.717) is 31.9 Å². The Bertz CT molecular complexity index is 797. The van der Waals surface area contributed by atoms with Gasteiger partial charge in [-0.15, -0.1) is 0 Å². The Morgan fingerprint density at radius 3 is 2.93 bits per heavy atom. The number of benzene rings is 1. The van der Waals surface area contributed by atoms with Crippen LogP contribution in [0.2, 0.25) is 0 Å².